The van der Waals surface area contributed by atoms with Gasteiger partial charge in [-0.1, -0.05) is 206 Å². The van der Waals surface area contributed by atoms with Gasteiger partial charge in [0, 0.05) is 19.4 Å². The highest BCUT2D eigenvalue weighted by Crippen LogP contribution is 2.43. The van der Waals surface area contributed by atoms with Gasteiger partial charge in [-0.25, -0.2) is 4.57 Å². The molecule has 0 aromatic rings. The first-order valence-electron chi connectivity index (χ1n) is 22.5. The van der Waals surface area contributed by atoms with Crippen molar-refractivity contribution in [2.24, 2.45) is 5.73 Å². The van der Waals surface area contributed by atoms with Gasteiger partial charge in [0.2, 0.25) is 0 Å². The van der Waals surface area contributed by atoms with E-state index in [9.17, 15) is 19.0 Å². The summed E-state index contributed by atoms with van der Waals surface area (Å²) >= 11 is 0. The second-order valence-corrected chi connectivity index (χ2v) is 16.7. The van der Waals surface area contributed by atoms with Crippen LogP contribution in [0.2, 0.25) is 0 Å². The molecule has 0 saturated carbocycles. The molecule has 316 valence electrons. The predicted octanol–water partition coefficient (Wildman–Crippen LogP) is 12.8. The molecule has 2 atom stereocenters. The number of hydrogen-bond donors (Lipinski definition) is 2. The lowest BCUT2D eigenvalue weighted by Crippen LogP contribution is -2.29. The molecule has 0 saturated heterocycles. The average molecular weight is 776 g/mol. The Morgan fingerprint density at radius 2 is 0.811 bits per heavy atom. The Morgan fingerprint density at radius 1 is 0.491 bits per heavy atom. The second kappa shape index (κ2) is 40.7. The number of carbonyl (C=O) groups excluding carboxylic acids is 2. The van der Waals surface area contributed by atoms with Crippen molar-refractivity contribution in [1.29, 1.82) is 0 Å². The highest BCUT2D eigenvalue weighted by atomic mass is 31.2. The van der Waals surface area contributed by atoms with E-state index in [1.807, 2.05) is 0 Å². The Kier molecular flexibility index (Phi) is 39.9. The maximum absolute atomic E-state index is 12.5. The minimum Gasteiger partial charge on any atom is -0.462 e. The molecule has 3 N–H and O–H groups in total. The lowest BCUT2D eigenvalue weighted by atomic mass is 10.0. The number of nitrogens with two attached hydrogens (primary N) is 1. The molecule has 0 fully saturated rings. The van der Waals surface area contributed by atoms with E-state index in [4.69, 9.17) is 24.3 Å². The summed E-state index contributed by atoms with van der Waals surface area (Å²) in [6, 6.07) is 0. The molecule has 0 aliphatic heterocycles. The third-order valence-electron chi connectivity index (χ3n) is 9.99. The number of esters is 2. The average Bonchev–Trinajstić information content (AvgIpc) is 3.14. The summed E-state index contributed by atoms with van der Waals surface area (Å²) in [5.41, 5.74) is 5.33. The maximum atomic E-state index is 12.5. The zero-order valence-corrected chi connectivity index (χ0v) is 35.7. The maximum Gasteiger partial charge on any atom is 0.472 e. The van der Waals surface area contributed by atoms with Gasteiger partial charge in [0.05, 0.1) is 13.2 Å². The summed E-state index contributed by atoms with van der Waals surface area (Å²) in [6.45, 7) is 3.70. The molecule has 0 aromatic heterocycles. The van der Waals surface area contributed by atoms with E-state index in [1.54, 1.807) is 0 Å². The Balaban J connectivity index is 3.82. The van der Waals surface area contributed by atoms with Crippen molar-refractivity contribution in [1.82, 2.24) is 0 Å². The van der Waals surface area contributed by atoms with E-state index in [0.717, 1.165) is 38.5 Å². The molecule has 0 bridgehead atoms. The number of phosphoric ester groups is 1. The second-order valence-electron chi connectivity index (χ2n) is 15.3. The lowest BCUT2D eigenvalue weighted by molar-refractivity contribution is -0.161. The number of hydrogen-bond acceptors (Lipinski definition) is 8. The van der Waals surface area contributed by atoms with Crippen LogP contribution in [0.15, 0.2) is 0 Å². The fraction of sp³-hybridized carbons (Fsp3) is 0.953. The molecule has 10 heteroatoms. The fourth-order valence-corrected chi connectivity index (χ4v) is 7.40. The first kappa shape index (κ1) is 52.0. The van der Waals surface area contributed by atoms with E-state index < -0.39 is 26.5 Å². The Hall–Kier alpha value is -0.990. The van der Waals surface area contributed by atoms with E-state index >= 15 is 0 Å². The first-order valence-corrected chi connectivity index (χ1v) is 24.0. The molecular weight excluding hydrogens is 689 g/mol. The molecule has 53 heavy (non-hydrogen) atoms. The number of phosphoric acid groups is 1. The quantitative estimate of drug-likeness (QED) is 0.0352. The number of ether oxygens (including phenoxy) is 2. The summed E-state index contributed by atoms with van der Waals surface area (Å²) in [5, 5.41) is 0. The molecule has 0 heterocycles. The number of rotatable bonds is 43. The van der Waals surface area contributed by atoms with Crippen LogP contribution in [0.5, 0.6) is 0 Å². The summed E-state index contributed by atoms with van der Waals surface area (Å²) < 4.78 is 32.6. The molecule has 0 spiro atoms. The van der Waals surface area contributed by atoms with Crippen molar-refractivity contribution < 1.29 is 37.6 Å². The van der Waals surface area contributed by atoms with Crippen molar-refractivity contribution in [2.75, 3.05) is 26.4 Å². The molecule has 0 radical (unpaired) electrons. The van der Waals surface area contributed by atoms with Crippen molar-refractivity contribution in [2.45, 2.75) is 238 Å². The zero-order chi connectivity index (χ0) is 38.9. The van der Waals surface area contributed by atoms with Gasteiger partial charge in [-0.3, -0.25) is 18.6 Å². The van der Waals surface area contributed by atoms with Crippen molar-refractivity contribution in [3.63, 3.8) is 0 Å². The first-order chi connectivity index (χ1) is 25.8. The number of carbonyl (C=O) groups is 2. The monoisotopic (exact) mass is 776 g/mol. The SMILES string of the molecule is CCCCCCCCCCCCCCCCCCCCCCCCCCCCC(=O)OC(COC(=O)CCCCCCCC)COP(=O)(O)OCCN. The minimum absolute atomic E-state index is 0.0576. The van der Waals surface area contributed by atoms with Gasteiger partial charge in [-0.2, -0.15) is 0 Å². The summed E-state index contributed by atoms with van der Waals surface area (Å²) in [6.07, 6.45) is 40.5. The zero-order valence-electron chi connectivity index (χ0n) is 34.8. The van der Waals surface area contributed by atoms with Crippen LogP contribution in [0.25, 0.3) is 0 Å². The summed E-state index contributed by atoms with van der Waals surface area (Å²) in [7, 11) is -4.36. The van der Waals surface area contributed by atoms with E-state index in [2.05, 4.69) is 13.8 Å². The molecule has 0 rings (SSSR count). The largest absolute Gasteiger partial charge is 0.472 e. The van der Waals surface area contributed by atoms with Crippen LogP contribution in [0.3, 0.4) is 0 Å². The third-order valence-corrected chi connectivity index (χ3v) is 11.0. The fourth-order valence-electron chi connectivity index (χ4n) is 6.64. The molecule has 0 aliphatic carbocycles. The van der Waals surface area contributed by atoms with E-state index in [1.165, 1.54) is 161 Å². The Bertz CT molecular complexity index is 845. The normalized spacial score (nSPS) is 13.2. The Morgan fingerprint density at radius 3 is 1.15 bits per heavy atom. The highest BCUT2D eigenvalue weighted by Gasteiger charge is 2.26. The van der Waals surface area contributed by atoms with Gasteiger partial charge in [0.15, 0.2) is 6.10 Å². The van der Waals surface area contributed by atoms with Gasteiger partial charge >= 0.3 is 19.8 Å². The van der Waals surface area contributed by atoms with Crippen LogP contribution >= 0.6 is 7.82 Å². The third kappa shape index (κ3) is 40.5. The molecule has 0 amide bonds. The lowest BCUT2D eigenvalue weighted by Gasteiger charge is -2.19. The molecular formula is C43H86NO8P. The van der Waals surface area contributed by atoms with Gasteiger partial charge in [0.1, 0.15) is 6.61 Å². The van der Waals surface area contributed by atoms with Crippen LogP contribution < -0.4 is 5.73 Å². The van der Waals surface area contributed by atoms with Gasteiger partial charge in [0.25, 0.3) is 0 Å². The van der Waals surface area contributed by atoms with E-state index in [0.29, 0.717) is 6.42 Å². The van der Waals surface area contributed by atoms with E-state index in [-0.39, 0.29) is 38.6 Å². The molecule has 2 unspecified atom stereocenters. The van der Waals surface area contributed by atoms with Crippen LogP contribution in [0, 0.1) is 0 Å². The topological polar surface area (TPSA) is 134 Å². The van der Waals surface area contributed by atoms with Crippen molar-refractivity contribution in [3.8, 4) is 0 Å². The number of unbranched alkanes of at least 4 members (excludes halogenated alkanes) is 30. The Labute approximate surface area is 327 Å². The molecule has 0 aromatic carbocycles. The molecule has 0 aliphatic rings. The predicted molar refractivity (Wildman–Crippen MR) is 220 cm³/mol. The molecule has 9 nitrogen and oxygen atoms in total. The summed E-state index contributed by atoms with van der Waals surface area (Å²) in [5.74, 6) is -0.825. The smallest absolute Gasteiger partial charge is 0.462 e. The minimum atomic E-state index is -4.36. The summed E-state index contributed by atoms with van der Waals surface area (Å²) in [4.78, 5) is 34.6. The van der Waals surface area contributed by atoms with Crippen LogP contribution in [0.1, 0.15) is 232 Å². The van der Waals surface area contributed by atoms with Gasteiger partial charge in [-0.15, -0.1) is 0 Å². The van der Waals surface area contributed by atoms with Crippen LogP contribution in [-0.2, 0) is 32.7 Å². The van der Waals surface area contributed by atoms with Gasteiger partial charge < -0.3 is 20.1 Å². The van der Waals surface area contributed by atoms with Crippen LogP contribution in [-0.4, -0.2) is 49.3 Å². The van der Waals surface area contributed by atoms with Crippen molar-refractivity contribution >= 4 is 19.8 Å². The standard InChI is InChI=1S/C43H86NO8P/c1-3-5-7-9-11-12-13-14-15-16-17-18-19-20-21-22-23-24-25-26-27-28-29-30-32-34-36-43(46)52-41(40-51-53(47,48)50-38-37-44)39-49-42(45)35-33-31-10-8-6-4-2/h41H,3-40,44H2,1-2H3,(H,47,48). The highest BCUT2D eigenvalue weighted by molar-refractivity contribution is 7.47. The van der Waals surface area contributed by atoms with Gasteiger partial charge in [-0.05, 0) is 12.8 Å². The van der Waals surface area contributed by atoms with Crippen molar-refractivity contribution in [3.05, 3.63) is 0 Å². The van der Waals surface area contributed by atoms with Crippen LogP contribution in [0.4, 0.5) is 0 Å².